The van der Waals surface area contributed by atoms with Gasteiger partial charge in [0, 0.05) is 11.4 Å². The molecule has 0 fully saturated rings. The maximum atomic E-state index is 11.1. The van der Waals surface area contributed by atoms with Crippen LogP contribution in [0.25, 0.3) is 0 Å². The molecule has 0 aliphatic carbocycles. The van der Waals surface area contributed by atoms with Crippen molar-refractivity contribution in [1.82, 2.24) is 0 Å². The monoisotopic (exact) mass is 232 g/mol. The van der Waals surface area contributed by atoms with Gasteiger partial charge in [0.25, 0.3) is 0 Å². The van der Waals surface area contributed by atoms with Gasteiger partial charge in [-0.25, -0.2) is 9.36 Å². The fraction of sp³-hybridized carbons (Fsp3) is 0. The molecule has 1 rings (SSSR count). The highest BCUT2D eigenvalue weighted by Gasteiger charge is 2.21. The third-order valence-electron chi connectivity index (χ3n) is 1.42. The van der Waals surface area contributed by atoms with Gasteiger partial charge in [-0.1, -0.05) is 0 Å². The van der Waals surface area contributed by atoms with Crippen LogP contribution in [0.5, 0.6) is 0 Å². The maximum absolute atomic E-state index is 11.1. The Morgan fingerprint density at radius 2 is 1.67 bits per heavy atom. The van der Waals surface area contributed by atoms with Crippen molar-refractivity contribution in [2.24, 2.45) is 0 Å². The first-order valence-electron chi connectivity index (χ1n) is 3.73. The molecule has 1 aromatic rings. The minimum atomic E-state index is -4.85. The average Bonchev–Trinajstić information content (AvgIpc) is 1.98. The lowest BCUT2D eigenvalue weighted by atomic mass is 10.2. The van der Waals surface area contributed by atoms with Crippen LogP contribution in [0.4, 0.5) is 11.4 Å². The Morgan fingerprint density at radius 3 is 2.07 bits per heavy atom. The van der Waals surface area contributed by atoms with Gasteiger partial charge in [-0.15, -0.1) is 0 Å². The number of nitrogens with two attached hydrogens (primary N) is 2. The first-order valence-corrected chi connectivity index (χ1v) is 5.26. The van der Waals surface area contributed by atoms with Gasteiger partial charge >= 0.3 is 13.8 Å². The molecule has 0 aliphatic heterocycles. The van der Waals surface area contributed by atoms with Gasteiger partial charge < -0.3 is 16.0 Å². The van der Waals surface area contributed by atoms with Gasteiger partial charge in [-0.2, -0.15) is 0 Å². The van der Waals surface area contributed by atoms with Crippen LogP contribution in [-0.2, 0) is 9.09 Å². The maximum Gasteiger partial charge on any atom is 0.527 e. The molecule has 7 nitrogen and oxygen atoms in total. The Kier molecular flexibility index (Phi) is 2.99. The Balaban J connectivity index is 2.97. The molecule has 0 radical (unpaired) electrons. The molecule has 0 aliphatic rings. The number of anilines is 2. The quantitative estimate of drug-likeness (QED) is 0.419. The van der Waals surface area contributed by atoms with Crippen molar-refractivity contribution in [1.29, 1.82) is 0 Å². The molecule has 6 N–H and O–H groups in total. The highest BCUT2D eigenvalue weighted by atomic mass is 31.2. The molecule has 0 saturated heterocycles. The average molecular weight is 232 g/mol. The van der Waals surface area contributed by atoms with Crippen LogP contribution in [0.1, 0.15) is 10.4 Å². The van der Waals surface area contributed by atoms with Gasteiger partial charge in [0.2, 0.25) is 0 Å². The van der Waals surface area contributed by atoms with E-state index in [4.69, 9.17) is 21.3 Å². The Bertz CT molecular complexity index is 421. The van der Waals surface area contributed by atoms with E-state index >= 15 is 0 Å². The zero-order chi connectivity index (χ0) is 11.6. The van der Waals surface area contributed by atoms with Crippen molar-refractivity contribution in [2.45, 2.75) is 0 Å². The van der Waals surface area contributed by atoms with E-state index in [-0.39, 0.29) is 16.9 Å². The van der Waals surface area contributed by atoms with Crippen LogP contribution in [0, 0.1) is 0 Å². The summed E-state index contributed by atoms with van der Waals surface area (Å²) < 4.78 is 14.2. The third-order valence-corrected chi connectivity index (χ3v) is 1.82. The van der Waals surface area contributed by atoms with Gasteiger partial charge in [0.1, 0.15) is 0 Å². The van der Waals surface area contributed by atoms with E-state index < -0.39 is 13.8 Å². The van der Waals surface area contributed by atoms with Crippen molar-refractivity contribution in [3.05, 3.63) is 23.8 Å². The number of nitrogen functional groups attached to an aromatic ring is 2. The smallest absolute Gasteiger partial charge is 0.399 e. The van der Waals surface area contributed by atoms with Crippen LogP contribution in [0.3, 0.4) is 0 Å². The number of carbonyl (C=O) groups is 1. The van der Waals surface area contributed by atoms with E-state index in [1.165, 1.54) is 18.2 Å². The number of rotatable bonds is 2. The van der Waals surface area contributed by atoms with Crippen LogP contribution in [-0.4, -0.2) is 15.8 Å². The van der Waals surface area contributed by atoms with Gasteiger partial charge in [0.05, 0.1) is 5.56 Å². The molecule has 8 heteroatoms. The van der Waals surface area contributed by atoms with Crippen LogP contribution < -0.4 is 11.5 Å². The summed E-state index contributed by atoms with van der Waals surface area (Å²) in [4.78, 5) is 27.9. The summed E-state index contributed by atoms with van der Waals surface area (Å²) in [6, 6.07) is 3.80. The van der Waals surface area contributed by atoms with E-state index in [1.807, 2.05) is 0 Å². The van der Waals surface area contributed by atoms with Crippen molar-refractivity contribution in [3.8, 4) is 0 Å². The fourth-order valence-corrected chi connectivity index (χ4v) is 1.28. The SMILES string of the molecule is Nc1cc(N)cc(C(=O)OP(=O)(O)O)c1. The lowest BCUT2D eigenvalue weighted by molar-refractivity contribution is 0.0678. The summed E-state index contributed by atoms with van der Waals surface area (Å²) in [6.45, 7) is 0. The number of phosphoric ester groups is 1. The first-order chi connectivity index (χ1) is 6.78. The largest absolute Gasteiger partial charge is 0.527 e. The van der Waals surface area contributed by atoms with E-state index in [0.717, 1.165) is 0 Å². The van der Waals surface area contributed by atoms with Crippen molar-refractivity contribution in [3.63, 3.8) is 0 Å². The van der Waals surface area contributed by atoms with Crippen LogP contribution in [0.15, 0.2) is 18.2 Å². The number of benzene rings is 1. The fourth-order valence-electron chi connectivity index (χ4n) is 0.955. The summed E-state index contributed by atoms with van der Waals surface area (Å²) in [7, 11) is -4.85. The van der Waals surface area contributed by atoms with E-state index in [1.54, 1.807) is 0 Å². The predicted molar refractivity (Wildman–Crippen MR) is 52.7 cm³/mol. The molecule has 0 bridgehead atoms. The first kappa shape index (κ1) is 11.5. The number of carbonyl (C=O) groups excluding carboxylic acids is 1. The zero-order valence-electron chi connectivity index (χ0n) is 7.45. The van der Waals surface area contributed by atoms with Gasteiger partial charge in [-0.3, -0.25) is 9.79 Å². The third kappa shape index (κ3) is 3.59. The van der Waals surface area contributed by atoms with Crippen LogP contribution >= 0.6 is 7.82 Å². The summed E-state index contributed by atoms with van der Waals surface area (Å²) in [5.41, 5.74) is 11.0. The van der Waals surface area contributed by atoms with Gasteiger partial charge in [-0.05, 0) is 18.2 Å². The second-order valence-electron chi connectivity index (χ2n) is 2.76. The second kappa shape index (κ2) is 3.90. The predicted octanol–water partition coefficient (Wildman–Crippen LogP) is 0.101. The van der Waals surface area contributed by atoms with Crippen molar-refractivity contribution < 1.29 is 23.7 Å². The highest BCUT2D eigenvalue weighted by Crippen LogP contribution is 2.37. The molecule has 1 aromatic carbocycles. The molecule has 0 heterocycles. The number of hydrogen-bond acceptors (Lipinski definition) is 5. The Labute approximate surface area is 84.9 Å². The van der Waals surface area contributed by atoms with Crippen molar-refractivity contribution in [2.75, 3.05) is 11.5 Å². The minimum absolute atomic E-state index is 0.115. The number of phosphoric acid groups is 1. The molecule has 15 heavy (non-hydrogen) atoms. The summed E-state index contributed by atoms with van der Waals surface area (Å²) >= 11 is 0. The standard InChI is InChI=1S/C7H9N2O5P/c8-5-1-4(2-6(9)3-5)7(10)14-15(11,12)13/h1-3H,8-9H2,(H2,11,12,13). The van der Waals surface area contributed by atoms with Gasteiger partial charge in [0.15, 0.2) is 0 Å². The Hall–Kier alpha value is -1.56. The molecule has 0 saturated carbocycles. The lowest BCUT2D eigenvalue weighted by Gasteiger charge is -2.06. The normalized spacial score (nSPS) is 11.1. The topological polar surface area (TPSA) is 136 Å². The molecule has 0 aromatic heterocycles. The van der Waals surface area contributed by atoms with E-state index in [9.17, 15) is 9.36 Å². The Morgan fingerprint density at radius 1 is 1.20 bits per heavy atom. The molecule has 0 amide bonds. The summed E-state index contributed by atoms with van der Waals surface area (Å²) in [6.07, 6.45) is 0. The van der Waals surface area contributed by atoms with E-state index in [2.05, 4.69) is 4.52 Å². The minimum Gasteiger partial charge on any atom is -0.399 e. The molecule has 0 atom stereocenters. The number of hydrogen-bond donors (Lipinski definition) is 4. The van der Waals surface area contributed by atoms with Crippen molar-refractivity contribution >= 4 is 25.2 Å². The second-order valence-corrected chi connectivity index (χ2v) is 3.92. The molecular formula is C7H9N2O5P. The van der Waals surface area contributed by atoms with E-state index in [0.29, 0.717) is 0 Å². The molecule has 0 unspecified atom stereocenters. The molecular weight excluding hydrogens is 223 g/mol. The highest BCUT2D eigenvalue weighted by molar-refractivity contribution is 7.46. The summed E-state index contributed by atoms with van der Waals surface area (Å²) in [5.74, 6) is -1.18. The summed E-state index contributed by atoms with van der Waals surface area (Å²) in [5, 5.41) is 0. The molecule has 82 valence electrons. The zero-order valence-corrected chi connectivity index (χ0v) is 8.35. The lowest BCUT2D eigenvalue weighted by Crippen LogP contribution is -2.05. The van der Waals surface area contributed by atoms with Crippen LogP contribution in [0.2, 0.25) is 0 Å². The molecule has 0 spiro atoms.